The zero-order valence-corrected chi connectivity index (χ0v) is 10.6. The molecule has 0 spiro atoms. The van der Waals surface area contributed by atoms with Gasteiger partial charge in [-0.25, -0.2) is 0 Å². The van der Waals surface area contributed by atoms with Crippen molar-refractivity contribution in [1.29, 1.82) is 0 Å². The molecule has 76 valence electrons. The van der Waals surface area contributed by atoms with E-state index < -0.39 is 0 Å². The van der Waals surface area contributed by atoms with Gasteiger partial charge in [0.15, 0.2) is 0 Å². The van der Waals surface area contributed by atoms with Crippen LogP contribution in [0.15, 0.2) is 27.6 Å². The molecule has 1 aliphatic rings. The molecular weight excluding hydrogens is 258 g/mol. The van der Waals surface area contributed by atoms with Crippen LogP contribution in [0, 0.1) is 0 Å². The molecule has 0 aromatic heterocycles. The second-order valence-corrected chi connectivity index (χ2v) is 5.37. The highest BCUT2D eigenvalue weighted by Crippen LogP contribution is 2.40. The van der Waals surface area contributed by atoms with Crippen LogP contribution in [0.25, 0.3) is 0 Å². The molecule has 1 aromatic rings. The Morgan fingerprint density at radius 1 is 1.57 bits per heavy atom. The summed E-state index contributed by atoms with van der Waals surface area (Å²) in [6, 6.07) is 7.03. The average molecular weight is 272 g/mol. The van der Waals surface area contributed by atoms with Crippen LogP contribution >= 0.6 is 27.7 Å². The van der Waals surface area contributed by atoms with Gasteiger partial charge in [0, 0.05) is 15.4 Å². The largest absolute Gasteiger partial charge is 0.310 e. The molecule has 1 aliphatic heterocycles. The van der Waals surface area contributed by atoms with Gasteiger partial charge in [0.05, 0.1) is 0 Å². The lowest BCUT2D eigenvalue weighted by molar-refractivity contribution is 0.527. The van der Waals surface area contributed by atoms with Crippen molar-refractivity contribution in [3.63, 3.8) is 0 Å². The van der Waals surface area contributed by atoms with Crippen LogP contribution in [-0.2, 0) is 0 Å². The lowest BCUT2D eigenvalue weighted by Crippen LogP contribution is -2.24. The zero-order chi connectivity index (χ0) is 9.97. The fourth-order valence-electron chi connectivity index (χ4n) is 1.84. The summed E-state index contributed by atoms with van der Waals surface area (Å²) >= 11 is 5.57. The third-order valence-electron chi connectivity index (χ3n) is 2.48. The summed E-state index contributed by atoms with van der Waals surface area (Å²) in [4.78, 5) is 1.42. The van der Waals surface area contributed by atoms with Crippen LogP contribution in [-0.4, -0.2) is 12.3 Å². The molecule has 1 unspecified atom stereocenters. The molecule has 1 heterocycles. The Morgan fingerprint density at radius 2 is 2.43 bits per heavy atom. The standard InChI is InChI=1S/C11H14BrNS/c1-2-13-10-6-7-14-11-8(10)4-3-5-9(11)12/h3-5,10,13H,2,6-7H2,1H3. The fourth-order valence-corrected chi connectivity index (χ4v) is 3.71. The molecule has 1 N–H and O–H groups in total. The van der Waals surface area contributed by atoms with E-state index >= 15 is 0 Å². The Hall–Kier alpha value is 0.0100. The molecule has 1 atom stereocenters. The van der Waals surface area contributed by atoms with Crippen LogP contribution in [0.1, 0.15) is 24.9 Å². The highest BCUT2D eigenvalue weighted by molar-refractivity contribution is 9.10. The average Bonchev–Trinajstić information content (AvgIpc) is 2.20. The molecule has 2 rings (SSSR count). The maximum Gasteiger partial charge on any atom is 0.0339 e. The third-order valence-corrected chi connectivity index (χ3v) is 4.58. The van der Waals surface area contributed by atoms with Gasteiger partial charge in [0.2, 0.25) is 0 Å². The van der Waals surface area contributed by atoms with E-state index in [-0.39, 0.29) is 0 Å². The van der Waals surface area contributed by atoms with Crippen molar-refractivity contribution in [2.45, 2.75) is 24.3 Å². The van der Waals surface area contributed by atoms with Gasteiger partial charge in [-0.05, 0) is 46.3 Å². The summed E-state index contributed by atoms with van der Waals surface area (Å²) in [6.45, 7) is 3.21. The molecule has 0 radical (unpaired) electrons. The summed E-state index contributed by atoms with van der Waals surface area (Å²) < 4.78 is 1.24. The van der Waals surface area contributed by atoms with Crippen LogP contribution in [0.2, 0.25) is 0 Å². The zero-order valence-electron chi connectivity index (χ0n) is 8.22. The van der Waals surface area contributed by atoms with Crippen molar-refractivity contribution in [2.75, 3.05) is 12.3 Å². The number of hydrogen-bond acceptors (Lipinski definition) is 2. The van der Waals surface area contributed by atoms with Crippen LogP contribution < -0.4 is 5.32 Å². The number of thioether (sulfide) groups is 1. The van der Waals surface area contributed by atoms with Crippen molar-refractivity contribution in [3.05, 3.63) is 28.2 Å². The number of halogens is 1. The third kappa shape index (κ3) is 2.00. The van der Waals surface area contributed by atoms with Crippen molar-refractivity contribution >= 4 is 27.7 Å². The number of rotatable bonds is 2. The summed E-state index contributed by atoms with van der Waals surface area (Å²) in [5.74, 6) is 1.22. The first kappa shape index (κ1) is 10.5. The van der Waals surface area contributed by atoms with Gasteiger partial charge < -0.3 is 5.32 Å². The minimum atomic E-state index is 0.550. The molecule has 3 heteroatoms. The molecule has 0 aliphatic carbocycles. The number of fused-ring (bicyclic) bond motifs is 1. The normalized spacial score (nSPS) is 20.6. The van der Waals surface area contributed by atoms with E-state index in [1.54, 1.807) is 0 Å². The quantitative estimate of drug-likeness (QED) is 0.883. The second-order valence-electron chi connectivity index (χ2n) is 3.41. The number of nitrogens with one attached hydrogen (secondary N) is 1. The van der Waals surface area contributed by atoms with Crippen molar-refractivity contribution < 1.29 is 0 Å². The Kier molecular flexibility index (Phi) is 3.52. The maximum atomic E-state index is 3.61. The Bertz CT molecular complexity index is 327. The topological polar surface area (TPSA) is 12.0 Å². The van der Waals surface area contributed by atoms with Gasteiger partial charge in [0.25, 0.3) is 0 Å². The summed E-state index contributed by atoms with van der Waals surface area (Å²) in [5, 5.41) is 3.53. The number of benzene rings is 1. The SMILES string of the molecule is CCNC1CCSc2c(Br)cccc21. The van der Waals surface area contributed by atoms with E-state index in [4.69, 9.17) is 0 Å². The highest BCUT2D eigenvalue weighted by Gasteiger charge is 2.20. The second kappa shape index (κ2) is 4.69. The molecule has 0 saturated heterocycles. The maximum absolute atomic E-state index is 3.61. The van der Waals surface area contributed by atoms with Crippen molar-refractivity contribution in [1.82, 2.24) is 5.32 Å². The van der Waals surface area contributed by atoms with E-state index in [0.29, 0.717) is 6.04 Å². The fraction of sp³-hybridized carbons (Fsp3) is 0.455. The smallest absolute Gasteiger partial charge is 0.0339 e. The van der Waals surface area contributed by atoms with Crippen LogP contribution in [0.3, 0.4) is 0 Å². The minimum Gasteiger partial charge on any atom is -0.310 e. The van der Waals surface area contributed by atoms with Gasteiger partial charge in [-0.1, -0.05) is 19.1 Å². The molecule has 0 saturated carbocycles. The first-order valence-corrected chi connectivity index (χ1v) is 6.75. The van der Waals surface area contributed by atoms with Crippen molar-refractivity contribution in [3.8, 4) is 0 Å². The molecule has 1 nitrogen and oxygen atoms in total. The monoisotopic (exact) mass is 271 g/mol. The number of hydrogen-bond donors (Lipinski definition) is 1. The van der Waals surface area contributed by atoms with Crippen molar-refractivity contribution in [2.24, 2.45) is 0 Å². The highest BCUT2D eigenvalue weighted by atomic mass is 79.9. The Morgan fingerprint density at radius 3 is 3.21 bits per heavy atom. The van der Waals surface area contributed by atoms with Gasteiger partial charge in [0.1, 0.15) is 0 Å². The van der Waals surface area contributed by atoms with E-state index in [0.717, 1.165) is 6.54 Å². The molecule has 0 fully saturated rings. The lowest BCUT2D eigenvalue weighted by atomic mass is 10.0. The predicted molar refractivity (Wildman–Crippen MR) is 65.9 cm³/mol. The predicted octanol–water partition coefficient (Wildman–Crippen LogP) is 3.60. The van der Waals surface area contributed by atoms with Gasteiger partial charge in [-0.2, -0.15) is 0 Å². The van der Waals surface area contributed by atoms with E-state index in [1.165, 1.54) is 27.1 Å². The van der Waals surface area contributed by atoms with E-state index in [1.807, 2.05) is 11.8 Å². The molecule has 0 amide bonds. The molecule has 14 heavy (non-hydrogen) atoms. The lowest BCUT2D eigenvalue weighted by Gasteiger charge is -2.26. The Balaban J connectivity index is 2.34. The van der Waals surface area contributed by atoms with Crippen LogP contribution in [0.5, 0.6) is 0 Å². The summed E-state index contributed by atoms with van der Waals surface area (Å²) in [6.07, 6.45) is 1.24. The van der Waals surface area contributed by atoms with Crippen LogP contribution in [0.4, 0.5) is 0 Å². The molecular formula is C11H14BrNS. The van der Waals surface area contributed by atoms with E-state index in [2.05, 4.69) is 46.4 Å². The van der Waals surface area contributed by atoms with Gasteiger partial charge in [-0.3, -0.25) is 0 Å². The first-order valence-electron chi connectivity index (χ1n) is 4.97. The summed E-state index contributed by atoms with van der Waals surface area (Å²) in [7, 11) is 0. The van der Waals surface area contributed by atoms with Gasteiger partial charge in [-0.15, -0.1) is 11.8 Å². The molecule has 0 bridgehead atoms. The first-order chi connectivity index (χ1) is 6.83. The van der Waals surface area contributed by atoms with Gasteiger partial charge >= 0.3 is 0 Å². The summed E-state index contributed by atoms with van der Waals surface area (Å²) in [5.41, 5.74) is 1.46. The van der Waals surface area contributed by atoms with E-state index in [9.17, 15) is 0 Å². The Labute approximate surface area is 97.8 Å². The minimum absolute atomic E-state index is 0.550. The molecule has 1 aromatic carbocycles.